The first-order chi connectivity index (χ1) is 28.0. The molecule has 0 bridgehead atoms. The lowest BCUT2D eigenvalue weighted by Gasteiger charge is -2.28. The summed E-state index contributed by atoms with van der Waals surface area (Å²) in [5.41, 5.74) is 12.4. The molecule has 0 amide bonds. The van der Waals surface area contributed by atoms with Crippen LogP contribution in [0.25, 0.3) is 65.7 Å². The van der Waals surface area contributed by atoms with Crippen LogP contribution in [-0.4, -0.2) is 0 Å². The van der Waals surface area contributed by atoms with Gasteiger partial charge in [0.25, 0.3) is 0 Å². The Balaban J connectivity index is 0.958. The molecule has 4 heteroatoms. The molecule has 1 aromatic heterocycles. The van der Waals surface area contributed by atoms with Crippen molar-refractivity contribution in [1.82, 2.24) is 0 Å². The van der Waals surface area contributed by atoms with E-state index in [9.17, 15) is 0 Å². The molecule has 1 aliphatic heterocycles. The van der Waals surface area contributed by atoms with E-state index in [-0.39, 0.29) is 5.41 Å². The van der Waals surface area contributed by atoms with Crippen molar-refractivity contribution in [2.45, 2.75) is 19.3 Å². The summed E-state index contributed by atoms with van der Waals surface area (Å²) in [5, 5.41) is 7.00. The number of fused-ring (bicyclic) bond motifs is 11. The van der Waals surface area contributed by atoms with Crippen LogP contribution in [0, 0.1) is 0 Å². The topological polar surface area (TPSA) is 34.8 Å². The summed E-state index contributed by atoms with van der Waals surface area (Å²) in [6, 6.07) is 62.8. The van der Waals surface area contributed by atoms with E-state index in [1.54, 1.807) is 0 Å². The second kappa shape index (κ2) is 11.8. The lowest BCUT2D eigenvalue weighted by Crippen LogP contribution is -2.16. The molecule has 2 heterocycles. The average molecular weight is 734 g/mol. The Hall–Kier alpha value is -7.30. The Morgan fingerprint density at radius 1 is 0.386 bits per heavy atom. The van der Waals surface area contributed by atoms with E-state index in [1.807, 2.05) is 36.4 Å². The maximum Gasteiger partial charge on any atom is 0.173 e. The normalized spacial score (nSPS) is 13.5. The van der Waals surface area contributed by atoms with Crippen LogP contribution in [0.3, 0.4) is 0 Å². The lowest BCUT2D eigenvalue weighted by atomic mass is 9.82. The predicted octanol–water partition coefficient (Wildman–Crippen LogP) is 15.2. The molecule has 270 valence electrons. The van der Waals surface area contributed by atoms with Gasteiger partial charge in [0.15, 0.2) is 23.0 Å². The summed E-state index contributed by atoms with van der Waals surface area (Å²) in [6.45, 7) is 4.69. The molecule has 0 saturated carbocycles. The molecule has 10 aromatic rings. The molecule has 1 aliphatic carbocycles. The van der Waals surface area contributed by atoms with E-state index >= 15 is 0 Å². The number of ether oxygens (including phenoxy) is 2. The predicted molar refractivity (Wildman–Crippen MR) is 233 cm³/mol. The first-order valence-corrected chi connectivity index (χ1v) is 19.5. The van der Waals surface area contributed by atoms with Crippen molar-refractivity contribution in [1.29, 1.82) is 0 Å². The monoisotopic (exact) mass is 733 g/mol. The number of furan rings is 1. The Bertz CT molecular complexity index is 3280. The van der Waals surface area contributed by atoms with Gasteiger partial charge >= 0.3 is 0 Å². The van der Waals surface area contributed by atoms with Crippen LogP contribution in [0.4, 0.5) is 17.1 Å². The smallest absolute Gasteiger partial charge is 0.173 e. The molecular formula is C53H35NO3. The Labute approximate surface area is 329 Å². The molecule has 0 unspecified atom stereocenters. The molecule has 0 saturated heterocycles. The second-order valence-electron chi connectivity index (χ2n) is 15.7. The first kappa shape index (κ1) is 32.0. The highest BCUT2D eigenvalue weighted by Crippen LogP contribution is 2.51. The van der Waals surface area contributed by atoms with Crippen molar-refractivity contribution < 1.29 is 13.9 Å². The average Bonchev–Trinajstić information content (AvgIpc) is 3.72. The van der Waals surface area contributed by atoms with Crippen LogP contribution < -0.4 is 14.4 Å². The maximum absolute atomic E-state index is 6.32. The van der Waals surface area contributed by atoms with Gasteiger partial charge in [-0.2, -0.15) is 0 Å². The van der Waals surface area contributed by atoms with Crippen molar-refractivity contribution in [3.8, 4) is 45.3 Å². The standard InChI is InChI=1S/C53H35NO3/c1-53(2)45-12-6-5-11-41(45)42-25-23-38(29-46(42)53)54(37-22-24-40-35(27-37)16-15-33-9-3-4-10-39(33)40)36-20-17-32(18-21-36)34-19-26-47-43(28-34)44-30-51-52(31-50(44)55-47)57-49-14-8-7-13-48(49)56-51/h3-31H,1-2H3. The van der Waals surface area contributed by atoms with Crippen molar-refractivity contribution in [3.05, 3.63) is 187 Å². The fourth-order valence-electron chi connectivity index (χ4n) is 9.20. The third-order valence-electron chi connectivity index (χ3n) is 12.1. The van der Waals surface area contributed by atoms with Gasteiger partial charge in [-0.25, -0.2) is 0 Å². The van der Waals surface area contributed by atoms with Gasteiger partial charge < -0.3 is 18.8 Å². The molecule has 12 rings (SSSR count). The molecule has 0 fully saturated rings. The van der Waals surface area contributed by atoms with Crippen LogP contribution in [-0.2, 0) is 5.41 Å². The zero-order valence-corrected chi connectivity index (χ0v) is 31.4. The Kier molecular flexibility index (Phi) is 6.65. The van der Waals surface area contributed by atoms with Gasteiger partial charge in [0.05, 0.1) is 0 Å². The largest absolute Gasteiger partial charge is 0.456 e. The zero-order chi connectivity index (χ0) is 37.8. The number of hydrogen-bond donors (Lipinski definition) is 0. The fraction of sp³-hybridized carbons (Fsp3) is 0.0566. The molecule has 4 nitrogen and oxygen atoms in total. The van der Waals surface area contributed by atoms with Crippen LogP contribution >= 0.6 is 0 Å². The third kappa shape index (κ3) is 4.87. The second-order valence-corrected chi connectivity index (χ2v) is 15.7. The minimum absolute atomic E-state index is 0.112. The van der Waals surface area contributed by atoms with Crippen LogP contribution in [0.5, 0.6) is 23.0 Å². The van der Waals surface area contributed by atoms with Gasteiger partial charge in [-0.3, -0.25) is 0 Å². The molecule has 9 aromatic carbocycles. The van der Waals surface area contributed by atoms with E-state index in [2.05, 4.69) is 158 Å². The van der Waals surface area contributed by atoms with Crippen LogP contribution in [0.1, 0.15) is 25.0 Å². The van der Waals surface area contributed by atoms with Crippen LogP contribution in [0.15, 0.2) is 180 Å². The van der Waals surface area contributed by atoms with Gasteiger partial charge in [-0.15, -0.1) is 0 Å². The number of nitrogens with zero attached hydrogens (tertiary/aromatic N) is 1. The van der Waals surface area contributed by atoms with Crippen LogP contribution in [0.2, 0.25) is 0 Å². The summed E-state index contributed by atoms with van der Waals surface area (Å²) < 4.78 is 18.7. The number of anilines is 3. The molecular weight excluding hydrogens is 699 g/mol. The number of rotatable bonds is 4. The fourth-order valence-corrected chi connectivity index (χ4v) is 9.20. The summed E-state index contributed by atoms with van der Waals surface area (Å²) >= 11 is 0. The maximum atomic E-state index is 6.32. The molecule has 0 radical (unpaired) electrons. The van der Waals surface area contributed by atoms with Crippen molar-refractivity contribution in [3.63, 3.8) is 0 Å². The summed E-state index contributed by atoms with van der Waals surface area (Å²) in [4.78, 5) is 2.40. The van der Waals surface area contributed by atoms with Gasteiger partial charge in [0.1, 0.15) is 11.2 Å². The summed E-state index contributed by atoms with van der Waals surface area (Å²) in [6.07, 6.45) is 0. The summed E-state index contributed by atoms with van der Waals surface area (Å²) in [7, 11) is 0. The lowest BCUT2D eigenvalue weighted by molar-refractivity contribution is 0.360. The SMILES string of the molecule is CC1(C)c2ccccc2-c2ccc(N(c3ccc(-c4ccc5oc6cc7c(cc6c5c4)Oc4ccccc4O7)cc3)c3ccc4c(ccc5ccccc54)c3)cc21. The van der Waals surface area contributed by atoms with Gasteiger partial charge in [-0.1, -0.05) is 117 Å². The quantitative estimate of drug-likeness (QED) is 0.169. The molecule has 2 aliphatic rings. The number of benzene rings is 9. The van der Waals surface area contributed by atoms with E-state index in [0.717, 1.165) is 50.1 Å². The Morgan fingerprint density at radius 2 is 1.02 bits per heavy atom. The van der Waals surface area contributed by atoms with E-state index in [4.69, 9.17) is 13.9 Å². The van der Waals surface area contributed by atoms with E-state index in [0.29, 0.717) is 23.0 Å². The van der Waals surface area contributed by atoms with Gasteiger partial charge in [0, 0.05) is 39.3 Å². The molecule has 57 heavy (non-hydrogen) atoms. The Morgan fingerprint density at radius 3 is 1.88 bits per heavy atom. The van der Waals surface area contributed by atoms with Crippen molar-refractivity contribution >= 4 is 60.5 Å². The summed E-state index contributed by atoms with van der Waals surface area (Å²) in [5.74, 6) is 2.73. The molecule has 0 N–H and O–H groups in total. The molecule has 0 atom stereocenters. The zero-order valence-electron chi connectivity index (χ0n) is 31.4. The highest BCUT2D eigenvalue weighted by molar-refractivity contribution is 6.09. The highest BCUT2D eigenvalue weighted by atomic mass is 16.6. The van der Waals surface area contributed by atoms with Gasteiger partial charge in [0.2, 0.25) is 0 Å². The number of hydrogen-bond acceptors (Lipinski definition) is 4. The van der Waals surface area contributed by atoms with Gasteiger partial charge in [-0.05, 0) is 122 Å². The van der Waals surface area contributed by atoms with E-state index < -0.39 is 0 Å². The minimum Gasteiger partial charge on any atom is -0.456 e. The third-order valence-corrected chi connectivity index (χ3v) is 12.1. The van der Waals surface area contributed by atoms with E-state index in [1.165, 1.54) is 43.8 Å². The minimum atomic E-state index is -0.112. The highest BCUT2D eigenvalue weighted by Gasteiger charge is 2.35. The van der Waals surface area contributed by atoms with Crippen molar-refractivity contribution in [2.75, 3.05) is 4.90 Å². The first-order valence-electron chi connectivity index (χ1n) is 19.5. The van der Waals surface area contributed by atoms with Crippen molar-refractivity contribution in [2.24, 2.45) is 0 Å². The number of para-hydroxylation sites is 2. The molecule has 0 spiro atoms.